The highest BCUT2D eigenvalue weighted by atomic mass is 79.9. The van der Waals surface area contributed by atoms with E-state index in [1.807, 2.05) is 31.2 Å². The van der Waals surface area contributed by atoms with Crippen molar-refractivity contribution in [3.05, 3.63) is 50.3 Å². The van der Waals surface area contributed by atoms with Crippen molar-refractivity contribution in [1.82, 2.24) is 4.72 Å². The molecule has 0 bridgehead atoms. The molecule has 0 fully saturated rings. The Labute approximate surface area is 136 Å². The number of hydrogen-bond acceptors (Lipinski definition) is 3. The molecule has 20 heavy (non-hydrogen) atoms. The second-order valence-electron chi connectivity index (χ2n) is 4.32. The third-order valence-electron chi connectivity index (χ3n) is 2.68. The van der Waals surface area contributed by atoms with E-state index in [1.165, 1.54) is 11.6 Å². The summed E-state index contributed by atoms with van der Waals surface area (Å²) in [6.45, 7) is 2.37. The normalized spacial score (nSPS) is 11.8. The first kappa shape index (κ1) is 16.0. The van der Waals surface area contributed by atoms with Gasteiger partial charge in [-0.1, -0.05) is 41.4 Å². The van der Waals surface area contributed by atoms with Crippen LogP contribution in [0.5, 0.6) is 0 Å². The van der Waals surface area contributed by atoms with E-state index >= 15 is 0 Å². The van der Waals surface area contributed by atoms with Gasteiger partial charge in [-0.3, -0.25) is 0 Å². The van der Waals surface area contributed by atoms with Gasteiger partial charge in [-0.15, -0.1) is 11.3 Å². The summed E-state index contributed by atoms with van der Waals surface area (Å²) in [5.74, 6) is 0. The highest BCUT2D eigenvalue weighted by molar-refractivity contribution is 9.11. The van der Waals surface area contributed by atoms with E-state index in [9.17, 15) is 8.42 Å². The number of thiophene rings is 1. The molecule has 3 nitrogen and oxygen atoms in total. The van der Waals surface area contributed by atoms with Crippen LogP contribution in [0.3, 0.4) is 0 Å². The Morgan fingerprint density at radius 1 is 1.35 bits per heavy atom. The van der Waals surface area contributed by atoms with Crippen molar-refractivity contribution in [2.45, 2.75) is 17.6 Å². The molecule has 0 saturated heterocycles. The van der Waals surface area contributed by atoms with Crippen LogP contribution in [0, 0.1) is 6.92 Å². The topological polar surface area (TPSA) is 46.2 Å². The minimum Gasteiger partial charge on any atom is -0.210 e. The Hall–Kier alpha value is -0.400. The second kappa shape index (κ2) is 6.58. The summed E-state index contributed by atoms with van der Waals surface area (Å²) in [4.78, 5) is 0. The number of benzene rings is 1. The molecule has 0 spiro atoms. The fraction of sp³-hybridized carbons (Fsp3) is 0.231. The summed E-state index contributed by atoms with van der Waals surface area (Å²) >= 11 is 10.2. The van der Waals surface area contributed by atoms with E-state index in [-0.39, 0.29) is 4.21 Å². The molecular weight excluding hydrogens is 382 g/mol. The molecule has 0 aliphatic carbocycles. The van der Waals surface area contributed by atoms with Gasteiger partial charge >= 0.3 is 0 Å². The predicted octanol–water partition coefficient (Wildman–Crippen LogP) is 3.99. The van der Waals surface area contributed by atoms with E-state index in [0.717, 1.165) is 16.9 Å². The number of sulfonamides is 1. The Morgan fingerprint density at radius 2 is 2.10 bits per heavy atom. The van der Waals surface area contributed by atoms with Gasteiger partial charge in [0, 0.05) is 6.54 Å². The van der Waals surface area contributed by atoms with Crippen LogP contribution in [0.2, 0.25) is 5.02 Å². The van der Waals surface area contributed by atoms with Gasteiger partial charge < -0.3 is 0 Å². The lowest BCUT2D eigenvalue weighted by atomic mass is 10.1. The van der Waals surface area contributed by atoms with Crippen molar-refractivity contribution >= 4 is 48.9 Å². The van der Waals surface area contributed by atoms with Crippen LogP contribution in [0.4, 0.5) is 0 Å². The molecule has 2 aromatic rings. The molecule has 0 aliphatic heterocycles. The largest absolute Gasteiger partial charge is 0.250 e. The number of halogens is 2. The van der Waals surface area contributed by atoms with Gasteiger partial charge in [0.05, 0.1) is 8.81 Å². The first-order chi connectivity index (χ1) is 9.38. The smallest absolute Gasteiger partial charge is 0.210 e. The predicted molar refractivity (Wildman–Crippen MR) is 87.1 cm³/mol. The Morgan fingerprint density at radius 3 is 2.70 bits per heavy atom. The summed E-state index contributed by atoms with van der Waals surface area (Å²) < 4.78 is 27.6. The molecule has 0 saturated carbocycles. The van der Waals surface area contributed by atoms with Gasteiger partial charge in [0.25, 0.3) is 0 Å². The van der Waals surface area contributed by atoms with Crippen molar-refractivity contribution in [2.24, 2.45) is 0 Å². The SMILES string of the molecule is Cc1cccc(CCNS(=O)(=O)c2cc(Cl)c(Br)s2)c1. The molecule has 108 valence electrons. The maximum absolute atomic E-state index is 12.1. The maximum atomic E-state index is 12.1. The average Bonchev–Trinajstić information content (AvgIpc) is 2.70. The van der Waals surface area contributed by atoms with Crippen molar-refractivity contribution in [3.8, 4) is 0 Å². The Kier molecular flexibility index (Phi) is 5.25. The van der Waals surface area contributed by atoms with Crippen molar-refractivity contribution in [1.29, 1.82) is 0 Å². The monoisotopic (exact) mass is 393 g/mol. The van der Waals surface area contributed by atoms with Crippen molar-refractivity contribution in [3.63, 3.8) is 0 Å². The molecule has 0 aliphatic rings. The van der Waals surface area contributed by atoms with Crippen LogP contribution in [-0.2, 0) is 16.4 Å². The van der Waals surface area contributed by atoms with E-state index in [0.29, 0.717) is 21.8 Å². The van der Waals surface area contributed by atoms with E-state index in [2.05, 4.69) is 20.7 Å². The summed E-state index contributed by atoms with van der Waals surface area (Å²) in [6.07, 6.45) is 0.654. The number of hydrogen-bond donors (Lipinski definition) is 1. The average molecular weight is 395 g/mol. The van der Waals surface area contributed by atoms with Crippen LogP contribution in [-0.4, -0.2) is 15.0 Å². The van der Waals surface area contributed by atoms with Gasteiger partial charge in [0.2, 0.25) is 10.0 Å². The molecule has 0 unspecified atom stereocenters. The molecule has 1 heterocycles. The van der Waals surface area contributed by atoms with Crippen LogP contribution < -0.4 is 4.72 Å². The maximum Gasteiger partial charge on any atom is 0.250 e. The quantitative estimate of drug-likeness (QED) is 0.833. The lowest BCUT2D eigenvalue weighted by Gasteiger charge is -2.05. The second-order valence-corrected chi connectivity index (χ2v) is 9.09. The zero-order valence-corrected chi connectivity index (χ0v) is 14.7. The molecular formula is C13H13BrClNO2S2. The Balaban J connectivity index is 1.99. The van der Waals surface area contributed by atoms with Gasteiger partial charge in [0.1, 0.15) is 4.21 Å². The molecule has 0 amide bonds. The summed E-state index contributed by atoms with van der Waals surface area (Å²) in [5.41, 5.74) is 2.28. The van der Waals surface area contributed by atoms with Crippen LogP contribution in [0.25, 0.3) is 0 Å². The van der Waals surface area contributed by atoms with Gasteiger partial charge in [-0.25, -0.2) is 13.1 Å². The first-order valence-corrected chi connectivity index (χ1v) is 9.35. The molecule has 1 aromatic heterocycles. The first-order valence-electron chi connectivity index (χ1n) is 5.88. The molecule has 7 heteroatoms. The van der Waals surface area contributed by atoms with E-state index < -0.39 is 10.0 Å². The summed E-state index contributed by atoms with van der Waals surface area (Å²) in [5, 5.41) is 0.411. The lowest BCUT2D eigenvalue weighted by Crippen LogP contribution is -2.25. The minimum atomic E-state index is -3.49. The Bertz CT molecular complexity index is 693. The summed E-state index contributed by atoms with van der Waals surface area (Å²) in [6, 6.07) is 9.46. The highest BCUT2D eigenvalue weighted by Gasteiger charge is 2.18. The zero-order chi connectivity index (χ0) is 14.8. The minimum absolute atomic E-state index is 0.221. The highest BCUT2D eigenvalue weighted by Crippen LogP contribution is 2.34. The van der Waals surface area contributed by atoms with Crippen LogP contribution >= 0.6 is 38.9 Å². The molecule has 0 atom stereocenters. The fourth-order valence-electron chi connectivity index (χ4n) is 1.73. The van der Waals surface area contributed by atoms with Crippen LogP contribution in [0.15, 0.2) is 38.3 Å². The number of nitrogens with one attached hydrogen (secondary N) is 1. The van der Waals surface area contributed by atoms with Gasteiger partial charge in [-0.2, -0.15) is 0 Å². The third-order valence-corrected chi connectivity index (χ3v) is 7.08. The fourth-order valence-corrected chi connectivity index (χ4v) is 5.20. The summed E-state index contributed by atoms with van der Waals surface area (Å²) in [7, 11) is -3.49. The molecule has 1 aromatic carbocycles. The third kappa shape index (κ3) is 4.05. The molecule has 1 N–H and O–H groups in total. The molecule has 0 radical (unpaired) electrons. The number of rotatable bonds is 5. The van der Waals surface area contributed by atoms with Gasteiger partial charge in [-0.05, 0) is 40.9 Å². The standard InChI is InChI=1S/C13H13BrClNO2S2/c1-9-3-2-4-10(7-9)5-6-16-20(17,18)12-8-11(15)13(14)19-12/h2-4,7-8,16H,5-6H2,1H3. The molecule has 2 rings (SSSR count). The van der Waals surface area contributed by atoms with Crippen molar-refractivity contribution < 1.29 is 8.42 Å². The van der Waals surface area contributed by atoms with Gasteiger partial charge in [0.15, 0.2) is 0 Å². The zero-order valence-electron chi connectivity index (χ0n) is 10.7. The lowest BCUT2D eigenvalue weighted by molar-refractivity contribution is 0.584. The van der Waals surface area contributed by atoms with E-state index in [1.54, 1.807) is 0 Å². The number of aryl methyl sites for hydroxylation is 1. The van der Waals surface area contributed by atoms with Crippen LogP contribution in [0.1, 0.15) is 11.1 Å². The van der Waals surface area contributed by atoms with E-state index in [4.69, 9.17) is 11.6 Å². The van der Waals surface area contributed by atoms with Crippen molar-refractivity contribution in [2.75, 3.05) is 6.54 Å².